The van der Waals surface area contributed by atoms with Gasteiger partial charge in [-0.2, -0.15) is 0 Å². The number of nitrogens with two attached hydrogens (primary N) is 1. The van der Waals surface area contributed by atoms with Crippen molar-refractivity contribution < 1.29 is 8.42 Å². The van der Waals surface area contributed by atoms with Crippen LogP contribution in [0.4, 0.5) is 5.69 Å². The minimum absolute atomic E-state index is 0.301. The van der Waals surface area contributed by atoms with E-state index >= 15 is 0 Å². The minimum atomic E-state index is -3.37. The van der Waals surface area contributed by atoms with Crippen LogP contribution in [0.25, 0.3) is 0 Å². The number of nitrogens with one attached hydrogen (secondary N) is 2. The maximum Gasteiger partial charge on any atom is 0.240 e. The van der Waals surface area contributed by atoms with Crippen molar-refractivity contribution in [3.8, 4) is 0 Å². The molecule has 106 valence electrons. The molecule has 0 aliphatic heterocycles. The fraction of sp³-hybridized carbons (Fsp3) is 0.538. The summed E-state index contributed by atoms with van der Waals surface area (Å²) < 4.78 is 26.3. The van der Waals surface area contributed by atoms with Crippen LogP contribution < -0.4 is 15.8 Å². The Balaban J connectivity index is 1.98. The summed E-state index contributed by atoms with van der Waals surface area (Å²) in [6.07, 6.45) is 2.72. The van der Waals surface area contributed by atoms with Gasteiger partial charge in [-0.25, -0.2) is 13.1 Å². The topological polar surface area (TPSA) is 84.2 Å². The molecule has 0 heterocycles. The molecule has 0 spiro atoms. The first-order valence-electron chi connectivity index (χ1n) is 6.63. The molecule has 0 saturated heterocycles. The number of benzene rings is 1. The Hall–Kier alpha value is -1.11. The van der Waals surface area contributed by atoms with Crippen molar-refractivity contribution in [3.63, 3.8) is 0 Å². The highest BCUT2D eigenvalue weighted by atomic mass is 32.2. The summed E-state index contributed by atoms with van der Waals surface area (Å²) in [6.45, 7) is 2.39. The van der Waals surface area contributed by atoms with E-state index in [1.54, 1.807) is 24.3 Å². The van der Waals surface area contributed by atoms with E-state index < -0.39 is 10.0 Å². The highest BCUT2D eigenvalue weighted by Crippen LogP contribution is 2.23. The molecule has 1 aliphatic rings. The second kappa shape index (κ2) is 5.90. The molecule has 0 atom stereocenters. The van der Waals surface area contributed by atoms with E-state index in [9.17, 15) is 8.42 Å². The maximum atomic E-state index is 11.9. The van der Waals surface area contributed by atoms with E-state index in [0.717, 1.165) is 24.9 Å². The first-order valence-corrected chi connectivity index (χ1v) is 8.11. The first-order chi connectivity index (χ1) is 9.01. The monoisotopic (exact) mass is 283 g/mol. The van der Waals surface area contributed by atoms with E-state index in [-0.39, 0.29) is 0 Å². The number of hydrogen-bond donors (Lipinski definition) is 3. The summed E-state index contributed by atoms with van der Waals surface area (Å²) in [5, 5.41) is 3.34. The van der Waals surface area contributed by atoms with Crippen LogP contribution in [0, 0.1) is 0 Å². The van der Waals surface area contributed by atoms with Gasteiger partial charge in [0.15, 0.2) is 0 Å². The fourth-order valence-electron chi connectivity index (χ4n) is 2.07. The largest absolute Gasteiger partial charge is 0.382 e. The van der Waals surface area contributed by atoms with Gasteiger partial charge in [0.2, 0.25) is 10.0 Å². The molecule has 5 nitrogen and oxygen atoms in total. The zero-order valence-corrected chi connectivity index (χ0v) is 11.9. The standard InChI is InChI=1S/C13H21N3O2S/c1-2-7-15-19(17,18)13-5-3-11(4-6-13)16-12-8-10(14)9-12/h3-6,10,12,15-16H,2,7-9,14H2,1H3. The zero-order valence-electron chi connectivity index (χ0n) is 11.1. The minimum Gasteiger partial charge on any atom is -0.382 e. The molecule has 1 aromatic rings. The summed E-state index contributed by atoms with van der Waals surface area (Å²) in [5.41, 5.74) is 6.66. The Kier molecular flexibility index (Phi) is 4.44. The van der Waals surface area contributed by atoms with Crippen LogP contribution in [0.15, 0.2) is 29.2 Å². The van der Waals surface area contributed by atoms with Crippen molar-refractivity contribution in [1.82, 2.24) is 4.72 Å². The van der Waals surface area contributed by atoms with Crippen LogP contribution in [0.1, 0.15) is 26.2 Å². The number of sulfonamides is 1. The van der Waals surface area contributed by atoms with Gasteiger partial charge in [0, 0.05) is 24.3 Å². The van der Waals surface area contributed by atoms with Gasteiger partial charge >= 0.3 is 0 Å². The van der Waals surface area contributed by atoms with Gasteiger partial charge < -0.3 is 11.1 Å². The lowest BCUT2D eigenvalue weighted by Crippen LogP contribution is -2.44. The van der Waals surface area contributed by atoms with Gasteiger partial charge in [-0.1, -0.05) is 6.92 Å². The zero-order chi connectivity index (χ0) is 13.9. The Bertz CT molecular complexity index is 507. The molecule has 1 aromatic carbocycles. The third-order valence-electron chi connectivity index (χ3n) is 3.25. The van der Waals surface area contributed by atoms with E-state index in [1.165, 1.54) is 0 Å². The number of rotatable bonds is 6. The van der Waals surface area contributed by atoms with E-state index in [2.05, 4.69) is 10.0 Å². The molecule has 0 radical (unpaired) electrons. The van der Waals surface area contributed by atoms with Crippen LogP contribution in [0.5, 0.6) is 0 Å². The van der Waals surface area contributed by atoms with Crippen molar-refractivity contribution in [3.05, 3.63) is 24.3 Å². The lowest BCUT2D eigenvalue weighted by Gasteiger charge is -2.33. The van der Waals surface area contributed by atoms with Gasteiger partial charge in [-0.3, -0.25) is 0 Å². The molecule has 0 unspecified atom stereocenters. The molecule has 0 bridgehead atoms. The van der Waals surface area contributed by atoms with Crippen LogP contribution in [-0.4, -0.2) is 27.0 Å². The first kappa shape index (κ1) is 14.3. The molecular weight excluding hydrogens is 262 g/mol. The normalized spacial score (nSPS) is 22.8. The maximum absolute atomic E-state index is 11.9. The van der Waals surface area contributed by atoms with Crippen molar-refractivity contribution >= 4 is 15.7 Å². The van der Waals surface area contributed by atoms with Crippen molar-refractivity contribution in [2.75, 3.05) is 11.9 Å². The molecule has 6 heteroatoms. The van der Waals surface area contributed by atoms with Crippen molar-refractivity contribution in [1.29, 1.82) is 0 Å². The Labute approximate surface area is 114 Å². The molecular formula is C13H21N3O2S. The fourth-order valence-corrected chi connectivity index (χ4v) is 3.20. The lowest BCUT2D eigenvalue weighted by molar-refractivity contribution is 0.373. The predicted molar refractivity (Wildman–Crippen MR) is 76.5 cm³/mol. The summed E-state index contributed by atoms with van der Waals surface area (Å²) >= 11 is 0. The molecule has 0 amide bonds. The van der Waals surface area contributed by atoms with Gasteiger partial charge in [-0.05, 0) is 43.5 Å². The summed E-state index contributed by atoms with van der Waals surface area (Å²) in [4.78, 5) is 0.303. The highest BCUT2D eigenvalue weighted by Gasteiger charge is 2.25. The van der Waals surface area contributed by atoms with Crippen LogP contribution in [0.2, 0.25) is 0 Å². The second-order valence-corrected chi connectivity index (χ2v) is 6.76. The third-order valence-corrected chi connectivity index (χ3v) is 4.73. The number of hydrogen-bond acceptors (Lipinski definition) is 4. The molecule has 4 N–H and O–H groups in total. The Morgan fingerprint density at radius 2 is 1.89 bits per heavy atom. The van der Waals surface area contributed by atoms with E-state index in [1.807, 2.05) is 6.92 Å². The van der Waals surface area contributed by atoms with Gasteiger partial charge in [-0.15, -0.1) is 0 Å². The smallest absolute Gasteiger partial charge is 0.240 e. The summed E-state index contributed by atoms with van der Waals surface area (Å²) in [6, 6.07) is 7.55. The average molecular weight is 283 g/mol. The third kappa shape index (κ3) is 3.68. The van der Waals surface area contributed by atoms with Gasteiger partial charge in [0.05, 0.1) is 4.90 Å². The number of anilines is 1. The highest BCUT2D eigenvalue weighted by molar-refractivity contribution is 7.89. The SMILES string of the molecule is CCCNS(=O)(=O)c1ccc(NC2CC(N)C2)cc1. The lowest BCUT2D eigenvalue weighted by atomic mass is 9.87. The molecule has 19 heavy (non-hydrogen) atoms. The van der Waals surface area contributed by atoms with Crippen molar-refractivity contribution in [2.45, 2.75) is 43.2 Å². The summed E-state index contributed by atoms with van der Waals surface area (Å²) in [5.74, 6) is 0. The van der Waals surface area contributed by atoms with E-state index in [0.29, 0.717) is 23.5 Å². The van der Waals surface area contributed by atoms with E-state index in [4.69, 9.17) is 5.73 Å². The van der Waals surface area contributed by atoms with Crippen LogP contribution in [-0.2, 0) is 10.0 Å². The Morgan fingerprint density at radius 1 is 1.26 bits per heavy atom. The second-order valence-electron chi connectivity index (χ2n) is 4.99. The van der Waals surface area contributed by atoms with Gasteiger partial charge in [0.1, 0.15) is 0 Å². The average Bonchev–Trinajstić information content (AvgIpc) is 2.35. The predicted octanol–water partition coefficient (Wildman–Crippen LogP) is 1.28. The van der Waals surface area contributed by atoms with Crippen LogP contribution >= 0.6 is 0 Å². The Morgan fingerprint density at radius 3 is 2.42 bits per heavy atom. The molecule has 2 rings (SSSR count). The molecule has 1 fully saturated rings. The molecule has 1 aliphatic carbocycles. The summed E-state index contributed by atoms with van der Waals surface area (Å²) in [7, 11) is -3.37. The molecule has 1 saturated carbocycles. The van der Waals surface area contributed by atoms with Crippen molar-refractivity contribution in [2.24, 2.45) is 5.73 Å². The molecule has 0 aromatic heterocycles. The van der Waals surface area contributed by atoms with Gasteiger partial charge in [0.25, 0.3) is 0 Å². The quantitative estimate of drug-likeness (QED) is 0.734. The van der Waals surface area contributed by atoms with Crippen LogP contribution in [0.3, 0.4) is 0 Å².